The lowest BCUT2D eigenvalue weighted by atomic mass is 9.97. The minimum Gasteiger partial charge on any atom is -0.294 e. The largest absolute Gasteiger partial charge is 0.294 e. The monoisotopic (exact) mass is 465 g/mol. The van der Waals surface area contributed by atoms with Gasteiger partial charge < -0.3 is 0 Å². The molecule has 1 atom stereocenters. The quantitative estimate of drug-likeness (QED) is 0.386. The average Bonchev–Trinajstić information content (AvgIpc) is 2.29. The van der Waals surface area contributed by atoms with Gasteiger partial charge >= 0.3 is 0 Å². The number of alkyl halides is 2. The molecule has 0 fully saturated rings. The maximum absolute atomic E-state index is 10.6. The maximum atomic E-state index is 10.6. The molecule has 1 unspecified atom stereocenters. The van der Waals surface area contributed by atoms with Gasteiger partial charge in [0.05, 0.1) is 0 Å². The second-order valence-electron chi connectivity index (χ2n) is 3.27. The predicted molar refractivity (Wildman–Crippen MR) is 84.6 cm³/mol. The van der Waals surface area contributed by atoms with Crippen LogP contribution in [-0.2, 0) is 17.8 Å². The third-order valence-electron chi connectivity index (χ3n) is 2.25. The molecule has 1 aromatic carbocycles. The summed E-state index contributed by atoms with van der Waals surface area (Å²) in [7, 11) is 0. The molecule has 0 radical (unpaired) electrons. The minimum atomic E-state index is -1.95. The summed E-state index contributed by atoms with van der Waals surface area (Å²) in [6, 6.07) is 8.07. The van der Waals surface area contributed by atoms with Crippen LogP contribution < -0.4 is 4.72 Å². The molecule has 16 heavy (non-hydrogen) atoms. The molecule has 0 aliphatic carbocycles. The Labute approximate surface area is 125 Å². The number of rotatable bonds is 6. The molecule has 0 saturated carbocycles. The summed E-state index contributed by atoms with van der Waals surface area (Å²) in [5.41, 5.74) is 2.37. The van der Waals surface area contributed by atoms with E-state index in [0.29, 0.717) is 12.5 Å². The molecular formula is C10H13I2NO2S. The summed E-state index contributed by atoms with van der Waals surface area (Å²) < 4.78 is 23.9. The van der Waals surface area contributed by atoms with Crippen molar-refractivity contribution < 1.29 is 8.76 Å². The topological polar surface area (TPSA) is 49.3 Å². The molecule has 6 heteroatoms. The van der Waals surface area contributed by atoms with Crippen LogP contribution in [0.5, 0.6) is 0 Å². The Hall–Kier alpha value is 0.750. The first-order valence-electron chi connectivity index (χ1n) is 4.73. The van der Waals surface area contributed by atoms with Crippen LogP contribution >= 0.6 is 45.2 Å². The van der Waals surface area contributed by atoms with Crippen molar-refractivity contribution >= 4 is 56.4 Å². The van der Waals surface area contributed by atoms with Crippen molar-refractivity contribution in [2.24, 2.45) is 0 Å². The zero-order valence-electron chi connectivity index (χ0n) is 8.53. The summed E-state index contributed by atoms with van der Waals surface area (Å²) in [6.07, 6.45) is 0. The van der Waals surface area contributed by atoms with Crippen molar-refractivity contribution in [3.05, 3.63) is 35.4 Å². The Kier molecular flexibility index (Phi) is 7.37. The molecule has 0 saturated heterocycles. The Morgan fingerprint density at radius 1 is 1.31 bits per heavy atom. The molecule has 2 N–H and O–H groups in total. The van der Waals surface area contributed by atoms with Gasteiger partial charge in [-0.25, -0.2) is 8.93 Å². The van der Waals surface area contributed by atoms with E-state index in [2.05, 4.69) is 56.0 Å². The molecule has 0 aliphatic heterocycles. The molecular weight excluding hydrogens is 452 g/mol. The van der Waals surface area contributed by atoms with Crippen LogP contribution in [0.15, 0.2) is 24.3 Å². The van der Waals surface area contributed by atoms with Crippen molar-refractivity contribution in [1.82, 2.24) is 4.72 Å². The van der Waals surface area contributed by atoms with Gasteiger partial charge in [0.25, 0.3) is 0 Å². The highest BCUT2D eigenvalue weighted by Crippen LogP contribution is 2.24. The van der Waals surface area contributed by atoms with Crippen LogP contribution in [0.2, 0.25) is 0 Å². The smallest absolute Gasteiger partial charge is 0.232 e. The highest BCUT2D eigenvalue weighted by molar-refractivity contribution is 14.1. The molecule has 90 valence electrons. The molecule has 0 amide bonds. The van der Waals surface area contributed by atoms with Crippen molar-refractivity contribution in [3.63, 3.8) is 0 Å². The van der Waals surface area contributed by atoms with E-state index >= 15 is 0 Å². The van der Waals surface area contributed by atoms with Gasteiger partial charge in [-0.3, -0.25) is 4.55 Å². The fourth-order valence-corrected chi connectivity index (χ4v) is 4.48. The van der Waals surface area contributed by atoms with E-state index in [4.69, 9.17) is 4.55 Å². The number of hydrogen-bond donors (Lipinski definition) is 2. The molecule has 0 aliphatic rings. The number of benzene rings is 1. The molecule has 0 aromatic heterocycles. The second kappa shape index (κ2) is 7.96. The first kappa shape index (κ1) is 14.8. The van der Waals surface area contributed by atoms with E-state index in [-0.39, 0.29) is 0 Å². The predicted octanol–water partition coefficient (Wildman–Crippen LogP) is 2.87. The Morgan fingerprint density at radius 3 is 2.50 bits per heavy atom. The van der Waals surface area contributed by atoms with Crippen LogP contribution in [0, 0.1) is 0 Å². The maximum Gasteiger partial charge on any atom is 0.232 e. The van der Waals surface area contributed by atoms with E-state index in [1.807, 2.05) is 18.2 Å². The van der Waals surface area contributed by atoms with E-state index in [0.717, 1.165) is 14.4 Å². The van der Waals surface area contributed by atoms with Gasteiger partial charge in [-0.1, -0.05) is 69.4 Å². The molecule has 0 bridgehead atoms. The van der Waals surface area contributed by atoms with Gasteiger partial charge in [0.1, 0.15) is 0 Å². The number of halogens is 2. The molecule has 1 rings (SSSR count). The Bertz CT molecular complexity index is 358. The molecule has 3 nitrogen and oxygen atoms in total. The Balaban J connectivity index is 2.86. The third kappa shape index (κ3) is 4.55. The third-order valence-corrected chi connectivity index (χ3v) is 4.77. The van der Waals surface area contributed by atoms with Crippen LogP contribution in [0.3, 0.4) is 0 Å². The zero-order chi connectivity index (χ0) is 12.0. The van der Waals surface area contributed by atoms with Gasteiger partial charge in [-0.15, -0.1) is 0 Å². The van der Waals surface area contributed by atoms with E-state index in [1.165, 1.54) is 5.56 Å². The highest BCUT2D eigenvalue weighted by Gasteiger charge is 2.12. The van der Waals surface area contributed by atoms with E-state index in [9.17, 15) is 4.21 Å². The highest BCUT2D eigenvalue weighted by atomic mass is 127. The summed E-state index contributed by atoms with van der Waals surface area (Å²) in [6.45, 7) is 0.434. The summed E-state index contributed by atoms with van der Waals surface area (Å²) in [4.78, 5) is 0. The van der Waals surface area contributed by atoms with Gasteiger partial charge in [-0.05, 0) is 11.1 Å². The lowest BCUT2D eigenvalue weighted by Gasteiger charge is -2.15. The number of hydrogen-bond acceptors (Lipinski definition) is 1. The SMILES string of the molecule is O=S(O)NCc1ccccc1C(CI)CI. The zero-order valence-corrected chi connectivity index (χ0v) is 13.7. The fourth-order valence-electron chi connectivity index (χ4n) is 1.44. The van der Waals surface area contributed by atoms with Gasteiger partial charge in [0.15, 0.2) is 0 Å². The average molecular weight is 465 g/mol. The van der Waals surface area contributed by atoms with Gasteiger partial charge in [0, 0.05) is 21.3 Å². The second-order valence-corrected chi connectivity index (χ2v) is 5.82. The van der Waals surface area contributed by atoms with E-state index in [1.54, 1.807) is 0 Å². The van der Waals surface area contributed by atoms with Crippen molar-refractivity contribution in [1.29, 1.82) is 0 Å². The van der Waals surface area contributed by atoms with Gasteiger partial charge in [0.2, 0.25) is 11.3 Å². The lowest BCUT2D eigenvalue weighted by molar-refractivity contribution is 0.548. The minimum absolute atomic E-state index is 0.434. The summed E-state index contributed by atoms with van der Waals surface area (Å²) in [5.74, 6) is 0.506. The van der Waals surface area contributed by atoms with Crippen LogP contribution in [0.1, 0.15) is 17.0 Å². The standard InChI is InChI=1S/C10H13I2NO2S/c11-5-9(6-12)10-4-2-1-3-8(10)7-13-16(14)15/h1-4,9,13H,5-7H2,(H,14,15). The first-order chi connectivity index (χ1) is 7.69. The van der Waals surface area contributed by atoms with Crippen LogP contribution in [-0.4, -0.2) is 17.6 Å². The van der Waals surface area contributed by atoms with Crippen LogP contribution in [0.4, 0.5) is 0 Å². The fraction of sp³-hybridized carbons (Fsp3) is 0.400. The molecule has 1 aromatic rings. The lowest BCUT2D eigenvalue weighted by Crippen LogP contribution is -2.17. The Morgan fingerprint density at radius 2 is 1.94 bits per heavy atom. The molecule has 0 heterocycles. The number of nitrogens with one attached hydrogen (secondary N) is 1. The van der Waals surface area contributed by atoms with Crippen molar-refractivity contribution in [2.45, 2.75) is 12.5 Å². The van der Waals surface area contributed by atoms with Crippen molar-refractivity contribution in [3.8, 4) is 0 Å². The normalized spacial score (nSPS) is 13.0. The summed E-state index contributed by atoms with van der Waals surface area (Å²) in [5, 5.41) is 0. The molecule has 0 spiro atoms. The summed E-state index contributed by atoms with van der Waals surface area (Å²) >= 11 is 2.81. The van der Waals surface area contributed by atoms with E-state index < -0.39 is 11.3 Å². The van der Waals surface area contributed by atoms with Crippen LogP contribution in [0.25, 0.3) is 0 Å². The van der Waals surface area contributed by atoms with Crippen molar-refractivity contribution in [2.75, 3.05) is 8.86 Å². The van der Waals surface area contributed by atoms with Gasteiger partial charge in [-0.2, -0.15) is 0 Å². The first-order valence-corrected chi connectivity index (χ1v) is 8.89.